The van der Waals surface area contributed by atoms with Gasteiger partial charge in [-0.1, -0.05) is 54.9 Å². The molecule has 2 N–H and O–H groups in total. The van der Waals surface area contributed by atoms with Gasteiger partial charge in [0.05, 0.1) is 0 Å². The van der Waals surface area contributed by atoms with Crippen LogP contribution in [0.1, 0.15) is 48.9 Å². The van der Waals surface area contributed by atoms with Crippen molar-refractivity contribution in [2.75, 3.05) is 0 Å². The first-order valence-corrected chi connectivity index (χ1v) is 8.93. The number of rotatable bonds is 3. The van der Waals surface area contributed by atoms with E-state index in [0.717, 1.165) is 34.6 Å². The Kier molecular flexibility index (Phi) is 4.10. The Balaban J connectivity index is 1.71. The Morgan fingerprint density at radius 2 is 2.08 bits per heavy atom. The molecule has 0 saturated carbocycles. The third-order valence-corrected chi connectivity index (χ3v) is 5.18. The zero-order valence-electron chi connectivity index (χ0n) is 14.3. The van der Waals surface area contributed by atoms with Crippen LogP contribution in [0.5, 0.6) is 0 Å². The number of halogens is 1. The second kappa shape index (κ2) is 6.28. The predicted molar refractivity (Wildman–Crippen MR) is 99.5 cm³/mol. The molecule has 0 radical (unpaired) electrons. The zero-order chi connectivity index (χ0) is 17.6. The van der Waals surface area contributed by atoms with Gasteiger partial charge >= 0.3 is 0 Å². The molecule has 4 nitrogen and oxygen atoms in total. The van der Waals surface area contributed by atoms with Crippen molar-refractivity contribution in [3.63, 3.8) is 0 Å². The van der Waals surface area contributed by atoms with Gasteiger partial charge < -0.3 is 10.3 Å². The minimum absolute atomic E-state index is 0.101. The predicted octanol–water partition coefficient (Wildman–Crippen LogP) is 5.13. The molecule has 0 fully saturated rings. The van der Waals surface area contributed by atoms with E-state index in [2.05, 4.69) is 30.1 Å². The largest absolute Gasteiger partial charge is 0.334 e. The Hall–Kier alpha value is -2.17. The third kappa shape index (κ3) is 2.86. The van der Waals surface area contributed by atoms with Gasteiger partial charge in [-0.2, -0.15) is 4.98 Å². The van der Waals surface area contributed by atoms with Gasteiger partial charge in [-0.05, 0) is 47.6 Å². The number of hydrogen-bond acceptors (Lipinski definition) is 4. The summed E-state index contributed by atoms with van der Waals surface area (Å²) >= 11 is 6.39. The number of hydrogen-bond donors (Lipinski definition) is 1. The number of aromatic nitrogens is 2. The highest BCUT2D eigenvalue weighted by molar-refractivity contribution is 6.31. The summed E-state index contributed by atoms with van der Waals surface area (Å²) in [5.41, 5.74) is 11.5. The summed E-state index contributed by atoms with van der Waals surface area (Å²) in [6.45, 7) is 4.23. The molecule has 0 bridgehead atoms. The molecule has 0 amide bonds. The van der Waals surface area contributed by atoms with Crippen molar-refractivity contribution in [1.82, 2.24) is 10.1 Å². The van der Waals surface area contributed by atoms with Gasteiger partial charge in [0, 0.05) is 22.2 Å². The fourth-order valence-corrected chi connectivity index (χ4v) is 3.87. The van der Waals surface area contributed by atoms with Gasteiger partial charge in [0.15, 0.2) is 0 Å². The van der Waals surface area contributed by atoms with E-state index in [-0.39, 0.29) is 6.04 Å². The number of fused-ring (bicyclic) bond motifs is 1. The molecule has 25 heavy (non-hydrogen) atoms. The first-order valence-electron chi connectivity index (χ1n) is 8.56. The number of nitrogens with two attached hydrogens (primary N) is 1. The average molecular weight is 354 g/mol. The van der Waals surface area contributed by atoms with Crippen LogP contribution in [-0.4, -0.2) is 10.1 Å². The van der Waals surface area contributed by atoms with Crippen molar-refractivity contribution >= 4 is 11.6 Å². The fraction of sp³-hybridized carbons (Fsp3) is 0.300. The van der Waals surface area contributed by atoms with Crippen molar-refractivity contribution in [3.8, 4) is 22.8 Å². The smallest absolute Gasteiger partial charge is 0.258 e. The molecule has 0 aliphatic heterocycles. The van der Waals surface area contributed by atoms with E-state index in [1.54, 1.807) is 0 Å². The van der Waals surface area contributed by atoms with E-state index in [1.165, 1.54) is 11.1 Å². The molecule has 1 aliphatic rings. The standard InChI is InChI=1S/C20H20ClN3O/c1-11(2)13-7-6-12(10-17(13)21)20-23-19(24-25-20)16-5-3-4-15-14(16)8-9-18(15)22/h3-7,10-11,18H,8-9,22H2,1-2H3. The lowest BCUT2D eigenvalue weighted by Crippen LogP contribution is -2.04. The average Bonchev–Trinajstić information content (AvgIpc) is 3.22. The third-order valence-electron chi connectivity index (χ3n) is 4.85. The van der Waals surface area contributed by atoms with Gasteiger partial charge in [0.1, 0.15) is 0 Å². The minimum Gasteiger partial charge on any atom is -0.334 e. The Morgan fingerprint density at radius 3 is 2.84 bits per heavy atom. The number of nitrogens with zero attached hydrogens (tertiary/aromatic N) is 2. The molecule has 1 aliphatic carbocycles. The van der Waals surface area contributed by atoms with E-state index in [0.29, 0.717) is 17.6 Å². The summed E-state index contributed by atoms with van der Waals surface area (Å²) in [4.78, 5) is 4.59. The van der Waals surface area contributed by atoms with E-state index in [9.17, 15) is 0 Å². The summed E-state index contributed by atoms with van der Waals surface area (Å²) in [6.07, 6.45) is 1.91. The van der Waals surface area contributed by atoms with Crippen molar-refractivity contribution in [2.24, 2.45) is 5.73 Å². The lowest BCUT2D eigenvalue weighted by molar-refractivity contribution is 0.432. The maximum Gasteiger partial charge on any atom is 0.258 e. The summed E-state index contributed by atoms with van der Waals surface area (Å²) < 4.78 is 5.50. The van der Waals surface area contributed by atoms with E-state index in [1.807, 2.05) is 30.3 Å². The quantitative estimate of drug-likeness (QED) is 0.709. The van der Waals surface area contributed by atoms with Gasteiger partial charge in [-0.25, -0.2) is 0 Å². The molecule has 1 aromatic heterocycles. The molecule has 1 heterocycles. The summed E-state index contributed by atoms with van der Waals surface area (Å²) in [7, 11) is 0. The molecular weight excluding hydrogens is 334 g/mol. The van der Waals surface area contributed by atoms with Gasteiger partial charge in [0.2, 0.25) is 5.82 Å². The zero-order valence-corrected chi connectivity index (χ0v) is 15.0. The minimum atomic E-state index is 0.101. The summed E-state index contributed by atoms with van der Waals surface area (Å²) in [6, 6.07) is 12.1. The first kappa shape index (κ1) is 16.3. The first-order chi connectivity index (χ1) is 12.0. The van der Waals surface area contributed by atoms with Crippen molar-refractivity contribution < 1.29 is 4.52 Å². The molecule has 0 spiro atoms. The highest BCUT2D eigenvalue weighted by Gasteiger charge is 2.24. The lowest BCUT2D eigenvalue weighted by atomic mass is 10.0. The molecule has 1 atom stereocenters. The van der Waals surface area contributed by atoms with Crippen LogP contribution in [0.4, 0.5) is 0 Å². The maximum absolute atomic E-state index is 6.39. The SMILES string of the molecule is CC(C)c1ccc(-c2nc(-c3cccc4c3CCC4N)no2)cc1Cl. The molecule has 3 aromatic rings. The fourth-order valence-electron chi connectivity index (χ4n) is 3.47. The molecule has 0 saturated heterocycles. The van der Waals surface area contributed by atoms with Crippen LogP contribution in [0.15, 0.2) is 40.9 Å². The van der Waals surface area contributed by atoms with Crippen LogP contribution >= 0.6 is 11.6 Å². The van der Waals surface area contributed by atoms with Crippen molar-refractivity contribution in [3.05, 3.63) is 58.1 Å². The van der Waals surface area contributed by atoms with Gasteiger partial charge in [-0.3, -0.25) is 0 Å². The normalized spacial score (nSPS) is 16.4. The van der Waals surface area contributed by atoms with Crippen LogP contribution in [0.2, 0.25) is 5.02 Å². The molecule has 1 unspecified atom stereocenters. The highest BCUT2D eigenvalue weighted by atomic mass is 35.5. The summed E-state index contributed by atoms with van der Waals surface area (Å²) in [5, 5.41) is 4.90. The second-order valence-electron chi connectivity index (χ2n) is 6.83. The Morgan fingerprint density at radius 1 is 1.24 bits per heavy atom. The van der Waals surface area contributed by atoms with E-state index in [4.69, 9.17) is 21.9 Å². The van der Waals surface area contributed by atoms with Gasteiger partial charge in [-0.15, -0.1) is 0 Å². The van der Waals surface area contributed by atoms with Crippen LogP contribution in [-0.2, 0) is 6.42 Å². The highest BCUT2D eigenvalue weighted by Crippen LogP contribution is 2.36. The van der Waals surface area contributed by atoms with E-state index < -0.39 is 0 Å². The van der Waals surface area contributed by atoms with Crippen molar-refractivity contribution in [2.45, 2.75) is 38.6 Å². The molecule has 128 valence electrons. The summed E-state index contributed by atoms with van der Waals surface area (Å²) in [5.74, 6) is 1.45. The molecule has 4 rings (SSSR count). The van der Waals surface area contributed by atoms with Gasteiger partial charge in [0.25, 0.3) is 5.89 Å². The van der Waals surface area contributed by atoms with Crippen LogP contribution in [0.25, 0.3) is 22.8 Å². The second-order valence-corrected chi connectivity index (χ2v) is 7.24. The van der Waals surface area contributed by atoms with Crippen LogP contribution in [0.3, 0.4) is 0 Å². The van der Waals surface area contributed by atoms with E-state index >= 15 is 0 Å². The Bertz CT molecular complexity index is 932. The molecule has 5 heteroatoms. The van der Waals surface area contributed by atoms with Crippen molar-refractivity contribution in [1.29, 1.82) is 0 Å². The lowest BCUT2D eigenvalue weighted by Gasteiger charge is -2.08. The van der Waals surface area contributed by atoms with Crippen LogP contribution < -0.4 is 5.73 Å². The topological polar surface area (TPSA) is 64.9 Å². The maximum atomic E-state index is 6.39. The number of benzene rings is 2. The molecule has 2 aromatic carbocycles. The Labute approximate surface area is 152 Å². The monoisotopic (exact) mass is 353 g/mol. The van der Waals surface area contributed by atoms with Crippen LogP contribution in [0, 0.1) is 0 Å². The molecular formula is C20H20ClN3O.